The number of amides is 1. The van der Waals surface area contributed by atoms with Crippen molar-refractivity contribution in [2.45, 2.75) is 45.1 Å². The van der Waals surface area contributed by atoms with Crippen LogP contribution in [0.15, 0.2) is 47.6 Å². The Kier molecular flexibility index (Phi) is 7.28. The largest absolute Gasteiger partial charge is 0.497 e. The van der Waals surface area contributed by atoms with Crippen molar-refractivity contribution in [2.24, 2.45) is 5.10 Å². The zero-order valence-corrected chi connectivity index (χ0v) is 18.1. The van der Waals surface area contributed by atoms with Crippen LogP contribution in [-0.4, -0.2) is 41.9 Å². The lowest BCUT2D eigenvalue weighted by Gasteiger charge is -2.22. The second-order valence-corrected chi connectivity index (χ2v) is 7.41. The molecule has 0 saturated carbocycles. The second kappa shape index (κ2) is 10.1. The summed E-state index contributed by atoms with van der Waals surface area (Å²) in [5.74, 6) is 0.201. The van der Waals surface area contributed by atoms with Crippen molar-refractivity contribution < 1.29 is 24.2 Å². The number of ether oxygens (including phenoxy) is 2. The molecule has 0 bridgehead atoms. The van der Waals surface area contributed by atoms with Crippen LogP contribution in [0.3, 0.4) is 0 Å². The number of carbonyl (C=O) groups is 2. The molecular weight excluding hydrogens is 396 g/mol. The SMILES string of the molecule is CCc1ccc([C@@H]2CC(c3ccc(OC)cc3OC)=NN2C(=O)CCCC(=O)O)cc1. The van der Waals surface area contributed by atoms with Gasteiger partial charge >= 0.3 is 5.97 Å². The number of aliphatic carboxylic acids is 1. The summed E-state index contributed by atoms with van der Waals surface area (Å²) in [6.07, 6.45) is 1.85. The fourth-order valence-electron chi connectivity index (χ4n) is 3.68. The fraction of sp³-hybridized carbons (Fsp3) is 0.375. The van der Waals surface area contributed by atoms with E-state index in [1.165, 1.54) is 10.6 Å². The second-order valence-electron chi connectivity index (χ2n) is 7.41. The van der Waals surface area contributed by atoms with Gasteiger partial charge in [-0.25, -0.2) is 5.01 Å². The first-order valence-corrected chi connectivity index (χ1v) is 10.4. The summed E-state index contributed by atoms with van der Waals surface area (Å²) in [6.45, 7) is 2.10. The number of methoxy groups -OCH3 is 2. The van der Waals surface area contributed by atoms with Gasteiger partial charge in [-0.3, -0.25) is 9.59 Å². The molecule has 7 nitrogen and oxygen atoms in total. The summed E-state index contributed by atoms with van der Waals surface area (Å²) in [5.41, 5.74) is 3.77. The number of benzene rings is 2. The molecule has 1 aliphatic rings. The molecule has 7 heteroatoms. The summed E-state index contributed by atoms with van der Waals surface area (Å²) in [6, 6.07) is 13.5. The van der Waals surface area contributed by atoms with Crippen molar-refractivity contribution in [3.63, 3.8) is 0 Å². The van der Waals surface area contributed by atoms with Crippen LogP contribution in [0.25, 0.3) is 0 Å². The first-order valence-electron chi connectivity index (χ1n) is 10.4. The summed E-state index contributed by atoms with van der Waals surface area (Å²) in [7, 11) is 3.18. The number of carboxylic acid groups (broad SMARTS) is 1. The van der Waals surface area contributed by atoms with Gasteiger partial charge in [-0.15, -0.1) is 0 Å². The minimum absolute atomic E-state index is 0.0433. The van der Waals surface area contributed by atoms with Gasteiger partial charge in [0.05, 0.1) is 26.0 Å². The van der Waals surface area contributed by atoms with Gasteiger partial charge in [-0.05, 0) is 36.1 Å². The van der Waals surface area contributed by atoms with Crippen LogP contribution in [0.4, 0.5) is 0 Å². The number of carboxylic acids is 1. The highest BCUT2D eigenvalue weighted by Crippen LogP contribution is 2.36. The van der Waals surface area contributed by atoms with E-state index in [0.29, 0.717) is 17.9 Å². The number of hydrogen-bond acceptors (Lipinski definition) is 5. The Morgan fingerprint density at radius 3 is 2.45 bits per heavy atom. The quantitative estimate of drug-likeness (QED) is 0.652. The Labute approximate surface area is 182 Å². The zero-order valence-electron chi connectivity index (χ0n) is 18.1. The standard InChI is InChI=1S/C24H28N2O5/c1-4-16-8-10-17(11-9-16)21-15-20(19-13-12-18(30-2)14-22(19)31-3)25-26(21)23(27)6-5-7-24(28)29/h8-14,21H,4-7,15H2,1-3H3,(H,28,29)/t21-/m0/s1. The number of nitrogens with zero attached hydrogens (tertiary/aromatic N) is 2. The van der Waals surface area contributed by atoms with Gasteiger partial charge in [-0.1, -0.05) is 31.2 Å². The first kappa shape index (κ1) is 22.3. The molecule has 0 spiro atoms. The van der Waals surface area contributed by atoms with Crippen LogP contribution < -0.4 is 9.47 Å². The van der Waals surface area contributed by atoms with Crippen LogP contribution in [0.5, 0.6) is 11.5 Å². The van der Waals surface area contributed by atoms with E-state index < -0.39 is 5.97 Å². The van der Waals surface area contributed by atoms with Crippen molar-refractivity contribution in [2.75, 3.05) is 14.2 Å². The van der Waals surface area contributed by atoms with E-state index in [1.54, 1.807) is 20.3 Å². The third kappa shape index (κ3) is 5.23. The number of hydrazone groups is 1. The summed E-state index contributed by atoms with van der Waals surface area (Å²) < 4.78 is 10.8. The number of hydrogen-bond donors (Lipinski definition) is 1. The Hall–Kier alpha value is -3.35. The van der Waals surface area contributed by atoms with Crippen molar-refractivity contribution >= 4 is 17.6 Å². The highest BCUT2D eigenvalue weighted by atomic mass is 16.5. The molecule has 0 aromatic heterocycles. The molecule has 2 aromatic rings. The predicted molar refractivity (Wildman–Crippen MR) is 118 cm³/mol. The molecule has 2 aromatic carbocycles. The molecule has 1 atom stereocenters. The van der Waals surface area contributed by atoms with Crippen molar-refractivity contribution in [3.05, 3.63) is 59.2 Å². The van der Waals surface area contributed by atoms with Gasteiger partial charge < -0.3 is 14.6 Å². The van der Waals surface area contributed by atoms with E-state index in [4.69, 9.17) is 14.6 Å². The van der Waals surface area contributed by atoms with Gasteiger partial charge in [0.15, 0.2) is 0 Å². The van der Waals surface area contributed by atoms with E-state index in [9.17, 15) is 9.59 Å². The maximum atomic E-state index is 12.9. The summed E-state index contributed by atoms with van der Waals surface area (Å²) >= 11 is 0. The third-order valence-electron chi connectivity index (χ3n) is 5.44. The Morgan fingerprint density at radius 1 is 1.10 bits per heavy atom. The lowest BCUT2D eigenvalue weighted by atomic mass is 9.96. The van der Waals surface area contributed by atoms with E-state index in [0.717, 1.165) is 23.3 Å². The van der Waals surface area contributed by atoms with Crippen LogP contribution >= 0.6 is 0 Å². The Balaban J connectivity index is 1.92. The van der Waals surface area contributed by atoms with Crippen LogP contribution in [-0.2, 0) is 16.0 Å². The predicted octanol–water partition coefficient (Wildman–Crippen LogP) is 4.20. The van der Waals surface area contributed by atoms with Gasteiger partial charge in [0.2, 0.25) is 5.91 Å². The lowest BCUT2D eigenvalue weighted by Crippen LogP contribution is -2.27. The third-order valence-corrected chi connectivity index (χ3v) is 5.44. The van der Waals surface area contributed by atoms with Crippen LogP contribution in [0.2, 0.25) is 0 Å². The molecule has 0 radical (unpaired) electrons. The van der Waals surface area contributed by atoms with E-state index in [-0.39, 0.29) is 31.2 Å². The van der Waals surface area contributed by atoms with Crippen LogP contribution in [0.1, 0.15) is 55.3 Å². The van der Waals surface area contributed by atoms with Gasteiger partial charge in [0, 0.05) is 30.9 Å². The maximum Gasteiger partial charge on any atom is 0.303 e. The fourth-order valence-corrected chi connectivity index (χ4v) is 3.68. The monoisotopic (exact) mass is 424 g/mol. The average molecular weight is 424 g/mol. The molecule has 1 amide bonds. The van der Waals surface area contributed by atoms with E-state index in [2.05, 4.69) is 24.2 Å². The summed E-state index contributed by atoms with van der Waals surface area (Å²) in [5, 5.41) is 15.0. The number of aryl methyl sites for hydroxylation is 1. The lowest BCUT2D eigenvalue weighted by molar-refractivity contribution is -0.137. The van der Waals surface area contributed by atoms with Crippen molar-refractivity contribution in [3.8, 4) is 11.5 Å². The molecule has 0 fully saturated rings. The summed E-state index contributed by atoms with van der Waals surface area (Å²) in [4.78, 5) is 23.8. The molecule has 1 heterocycles. The molecule has 3 rings (SSSR count). The molecule has 0 saturated heterocycles. The number of rotatable bonds is 9. The Morgan fingerprint density at radius 2 is 1.84 bits per heavy atom. The highest BCUT2D eigenvalue weighted by Gasteiger charge is 2.33. The molecule has 0 aliphatic carbocycles. The molecule has 1 aliphatic heterocycles. The van der Waals surface area contributed by atoms with Crippen LogP contribution in [0, 0.1) is 0 Å². The Bertz CT molecular complexity index is 968. The van der Waals surface area contributed by atoms with Crippen molar-refractivity contribution in [1.29, 1.82) is 0 Å². The molecule has 31 heavy (non-hydrogen) atoms. The molecular formula is C24H28N2O5. The average Bonchev–Trinajstić information content (AvgIpc) is 3.23. The molecule has 0 unspecified atom stereocenters. The zero-order chi connectivity index (χ0) is 22.4. The maximum absolute atomic E-state index is 12.9. The van der Waals surface area contributed by atoms with E-state index >= 15 is 0 Å². The highest BCUT2D eigenvalue weighted by molar-refractivity contribution is 6.05. The van der Waals surface area contributed by atoms with Gasteiger partial charge in [0.1, 0.15) is 11.5 Å². The smallest absolute Gasteiger partial charge is 0.303 e. The molecule has 1 N–H and O–H groups in total. The normalized spacial score (nSPS) is 15.5. The molecule has 164 valence electrons. The topological polar surface area (TPSA) is 88.4 Å². The minimum Gasteiger partial charge on any atom is -0.497 e. The first-order chi connectivity index (χ1) is 15.0. The minimum atomic E-state index is -0.909. The van der Waals surface area contributed by atoms with E-state index in [1.807, 2.05) is 24.3 Å². The van der Waals surface area contributed by atoms with Crippen molar-refractivity contribution in [1.82, 2.24) is 5.01 Å². The van der Waals surface area contributed by atoms with Gasteiger partial charge in [-0.2, -0.15) is 5.10 Å². The number of carbonyl (C=O) groups excluding carboxylic acids is 1. The van der Waals surface area contributed by atoms with Gasteiger partial charge in [0.25, 0.3) is 0 Å².